The highest BCUT2D eigenvalue weighted by atomic mass is 19.1. The number of fused-ring (bicyclic) bond motifs is 1. The van der Waals surface area contributed by atoms with Gasteiger partial charge in [0, 0.05) is 6.20 Å². The lowest BCUT2D eigenvalue weighted by Crippen LogP contribution is -2.34. The standard InChI is InChI=1S/C23H23FN2O2/c1-14-7-8-19(25-13-14)20-10-16-11-21(27-2)22(28-3)12-18(16)23(26-20)15-5-4-6-17(24)9-15/h4-9,11-13,20,23,26H,10H2,1-3H3/t20-,23-/m1/s1. The van der Waals surface area contributed by atoms with Gasteiger partial charge in [0.05, 0.1) is 32.0 Å². The summed E-state index contributed by atoms with van der Waals surface area (Å²) in [6, 6.07) is 14.6. The fraction of sp³-hybridized carbons (Fsp3) is 0.261. The molecule has 1 N–H and O–H groups in total. The van der Waals surface area contributed by atoms with Gasteiger partial charge in [0.1, 0.15) is 5.82 Å². The molecule has 0 bridgehead atoms. The molecular formula is C23H23FN2O2. The maximum atomic E-state index is 13.9. The van der Waals surface area contributed by atoms with E-state index in [1.54, 1.807) is 26.4 Å². The maximum absolute atomic E-state index is 13.9. The highest BCUT2D eigenvalue weighted by Gasteiger charge is 2.30. The fourth-order valence-corrected chi connectivity index (χ4v) is 3.79. The van der Waals surface area contributed by atoms with Gasteiger partial charge in [0.25, 0.3) is 0 Å². The van der Waals surface area contributed by atoms with Gasteiger partial charge in [-0.3, -0.25) is 10.3 Å². The van der Waals surface area contributed by atoms with E-state index in [0.29, 0.717) is 11.5 Å². The topological polar surface area (TPSA) is 43.4 Å². The number of pyridine rings is 1. The largest absolute Gasteiger partial charge is 0.493 e. The molecule has 28 heavy (non-hydrogen) atoms. The van der Waals surface area contributed by atoms with Crippen molar-refractivity contribution in [2.24, 2.45) is 0 Å². The SMILES string of the molecule is COc1cc2c(cc1OC)[C@@H](c1cccc(F)c1)N[C@@H](c1ccc(C)cn1)C2. The predicted molar refractivity (Wildman–Crippen MR) is 106 cm³/mol. The molecule has 1 aliphatic heterocycles. The first-order chi connectivity index (χ1) is 13.6. The summed E-state index contributed by atoms with van der Waals surface area (Å²) in [7, 11) is 3.26. The van der Waals surface area contributed by atoms with Crippen molar-refractivity contribution in [1.29, 1.82) is 0 Å². The Hall–Kier alpha value is -2.92. The van der Waals surface area contributed by atoms with Crippen molar-refractivity contribution in [2.45, 2.75) is 25.4 Å². The lowest BCUT2D eigenvalue weighted by Gasteiger charge is -2.34. The van der Waals surface area contributed by atoms with Crippen molar-refractivity contribution >= 4 is 0 Å². The summed E-state index contributed by atoms with van der Waals surface area (Å²) < 4.78 is 24.9. The average molecular weight is 378 g/mol. The molecule has 0 saturated heterocycles. The zero-order chi connectivity index (χ0) is 19.7. The highest BCUT2D eigenvalue weighted by molar-refractivity contribution is 5.52. The molecule has 4 nitrogen and oxygen atoms in total. The zero-order valence-electron chi connectivity index (χ0n) is 16.2. The van der Waals surface area contributed by atoms with Crippen LogP contribution in [0, 0.1) is 12.7 Å². The van der Waals surface area contributed by atoms with E-state index in [2.05, 4.69) is 16.4 Å². The fourth-order valence-electron chi connectivity index (χ4n) is 3.79. The van der Waals surface area contributed by atoms with Gasteiger partial charge in [-0.05, 0) is 65.9 Å². The molecule has 0 unspecified atom stereocenters. The smallest absolute Gasteiger partial charge is 0.161 e. The highest BCUT2D eigenvalue weighted by Crippen LogP contribution is 2.41. The molecule has 0 aliphatic carbocycles. The number of aryl methyl sites for hydroxylation is 1. The van der Waals surface area contributed by atoms with E-state index in [1.807, 2.05) is 37.4 Å². The van der Waals surface area contributed by atoms with Crippen LogP contribution in [0.5, 0.6) is 11.5 Å². The second kappa shape index (κ2) is 7.60. The van der Waals surface area contributed by atoms with Crippen LogP contribution >= 0.6 is 0 Å². The van der Waals surface area contributed by atoms with Crippen LogP contribution in [0.15, 0.2) is 54.7 Å². The van der Waals surface area contributed by atoms with E-state index in [9.17, 15) is 4.39 Å². The molecule has 3 aromatic rings. The van der Waals surface area contributed by atoms with E-state index in [0.717, 1.165) is 34.4 Å². The van der Waals surface area contributed by atoms with E-state index in [-0.39, 0.29) is 17.9 Å². The Morgan fingerprint density at radius 1 is 1.04 bits per heavy atom. The molecule has 2 heterocycles. The molecule has 2 atom stereocenters. The van der Waals surface area contributed by atoms with Gasteiger partial charge >= 0.3 is 0 Å². The third kappa shape index (κ3) is 3.45. The zero-order valence-corrected chi connectivity index (χ0v) is 16.2. The van der Waals surface area contributed by atoms with Crippen molar-refractivity contribution in [3.05, 3.63) is 88.5 Å². The Labute approximate surface area is 164 Å². The molecule has 1 aliphatic rings. The van der Waals surface area contributed by atoms with Crippen LogP contribution in [0.2, 0.25) is 0 Å². The third-order valence-corrected chi connectivity index (χ3v) is 5.22. The van der Waals surface area contributed by atoms with Crippen LogP contribution in [0.1, 0.15) is 40.0 Å². The predicted octanol–water partition coefficient (Wildman–Crippen LogP) is 4.52. The number of halogens is 1. The Morgan fingerprint density at radius 2 is 1.82 bits per heavy atom. The molecule has 144 valence electrons. The number of benzene rings is 2. The van der Waals surface area contributed by atoms with Crippen molar-refractivity contribution in [3.8, 4) is 11.5 Å². The molecular weight excluding hydrogens is 355 g/mol. The van der Waals surface area contributed by atoms with Gasteiger partial charge < -0.3 is 9.47 Å². The minimum Gasteiger partial charge on any atom is -0.493 e. The Balaban J connectivity index is 1.83. The minimum absolute atomic E-state index is 0.0134. The van der Waals surface area contributed by atoms with Gasteiger partial charge in [-0.15, -0.1) is 0 Å². The van der Waals surface area contributed by atoms with E-state index in [1.165, 1.54) is 6.07 Å². The number of nitrogens with one attached hydrogen (secondary N) is 1. The average Bonchev–Trinajstić information content (AvgIpc) is 2.72. The Bertz CT molecular complexity index is 988. The lowest BCUT2D eigenvalue weighted by atomic mass is 9.85. The molecule has 2 aromatic carbocycles. The van der Waals surface area contributed by atoms with E-state index in [4.69, 9.17) is 9.47 Å². The summed E-state index contributed by atoms with van der Waals surface area (Å²) in [6.45, 7) is 2.02. The van der Waals surface area contributed by atoms with E-state index >= 15 is 0 Å². The van der Waals surface area contributed by atoms with Crippen LogP contribution in [0.25, 0.3) is 0 Å². The van der Waals surface area contributed by atoms with Gasteiger partial charge in [0.2, 0.25) is 0 Å². The lowest BCUT2D eigenvalue weighted by molar-refractivity contribution is 0.350. The van der Waals surface area contributed by atoms with Crippen molar-refractivity contribution in [1.82, 2.24) is 10.3 Å². The minimum atomic E-state index is -0.253. The number of hydrogen-bond acceptors (Lipinski definition) is 4. The number of rotatable bonds is 4. The summed E-state index contributed by atoms with van der Waals surface area (Å²) in [4.78, 5) is 4.60. The molecule has 0 spiro atoms. The molecule has 0 fully saturated rings. The van der Waals surface area contributed by atoms with Crippen LogP contribution in [0.4, 0.5) is 4.39 Å². The summed E-state index contributed by atoms with van der Waals surface area (Å²) in [5, 5.41) is 3.65. The number of aromatic nitrogens is 1. The molecule has 0 radical (unpaired) electrons. The normalized spacial score (nSPS) is 18.4. The first kappa shape index (κ1) is 18.4. The second-order valence-corrected chi connectivity index (χ2v) is 7.08. The molecule has 5 heteroatoms. The van der Waals surface area contributed by atoms with Crippen molar-refractivity contribution in [2.75, 3.05) is 14.2 Å². The molecule has 0 amide bonds. The van der Waals surface area contributed by atoms with Crippen LogP contribution in [0.3, 0.4) is 0 Å². The number of ether oxygens (including phenoxy) is 2. The molecule has 4 rings (SSSR count). The quantitative estimate of drug-likeness (QED) is 0.725. The summed E-state index contributed by atoms with van der Waals surface area (Å²) in [6.07, 6.45) is 2.63. The van der Waals surface area contributed by atoms with Crippen LogP contribution in [-0.4, -0.2) is 19.2 Å². The second-order valence-electron chi connectivity index (χ2n) is 7.08. The van der Waals surface area contributed by atoms with Crippen molar-refractivity contribution < 1.29 is 13.9 Å². The van der Waals surface area contributed by atoms with Crippen molar-refractivity contribution in [3.63, 3.8) is 0 Å². The number of methoxy groups -OCH3 is 2. The van der Waals surface area contributed by atoms with Gasteiger partial charge in [-0.25, -0.2) is 4.39 Å². The Kier molecular flexibility index (Phi) is 5.01. The van der Waals surface area contributed by atoms with Gasteiger partial charge in [-0.1, -0.05) is 18.2 Å². The Morgan fingerprint density at radius 3 is 2.50 bits per heavy atom. The first-order valence-electron chi connectivity index (χ1n) is 9.28. The summed E-state index contributed by atoms with van der Waals surface area (Å²) in [5.41, 5.74) is 5.15. The van der Waals surface area contributed by atoms with E-state index < -0.39 is 0 Å². The molecule has 1 aromatic heterocycles. The monoisotopic (exact) mass is 378 g/mol. The molecule has 0 saturated carbocycles. The van der Waals surface area contributed by atoms with Crippen LogP contribution in [-0.2, 0) is 6.42 Å². The number of hydrogen-bond donors (Lipinski definition) is 1. The summed E-state index contributed by atoms with van der Waals surface area (Å²) >= 11 is 0. The first-order valence-corrected chi connectivity index (χ1v) is 9.28. The van der Waals surface area contributed by atoms with Gasteiger partial charge in [0.15, 0.2) is 11.5 Å². The van der Waals surface area contributed by atoms with Gasteiger partial charge in [-0.2, -0.15) is 0 Å². The summed E-state index contributed by atoms with van der Waals surface area (Å²) in [5.74, 6) is 1.10. The van der Waals surface area contributed by atoms with Crippen LogP contribution < -0.4 is 14.8 Å². The number of nitrogens with zero attached hydrogens (tertiary/aromatic N) is 1. The third-order valence-electron chi connectivity index (χ3n) is 5.22. The maximum Gasteiger partial charge on any atom is 0.161 e.